The summed E-state index contributed by atoms with van der Waals surface area (Å²) in [6.07, 6.45) is 5.20. The number of hydrogen-bond donors (Lipinski definition) is 1. The molecular weight excluding hydrogens is 302 g/mol. The van der Waals surface area contributed by atoms with Crippen molar-refractivity contribution in [1.29, 1.82) is 0 Å². The van der Waals surface area contributed by atoms with Crippen molar-refractivity contribution in [3.05, 3.63) is 23.4 Å². The minimum absolute atomic E-state index is 0.255. The molecule has 8 nitrogen and oxygen atoms in total. The van der Waals surface area contributed by atoms with E-state index in [9.17, 15) is 9.59 Å². The van der Waals surface area contributed by atoms with E-state index in [0.717, 1.165) is 57.0 Å². The lowest BCUT2D eigenvalue weighted by Crippen LogP contribution is -2.38. The lowest BCUT2D eigenvalue weighted by Gasteiger charge is -2.30. The monoisotopic (exact) mass is 321 g/mol. The van der Waals surface area contributed by atoms with Gasteiger partial charge in [-0.3, -0.25) is 4.90 Å². The second-order valence-electron chi connectivity index (χ2n) is 6.01. The fraction of sp³-hybridized carbons (Fsp3) is 0.600. The van der Waals surface area contributed by atoms with Crippen LogP contribution in [0.4, 0.5) is 0 Å². The van der Waals surface area contributed by atoms with Crippen LogP contribution in [0.2, 0.25) is 0 Å². The highest BCUT2D eigenvalue weighted by molar-refractivity contribution is 6.29. The number of nitrogens with zero attached hydrogens (tertiary/aromatic N) is 2. The smallest absolute Gasteiger partial charge is 0.432 e. The van der Waals surface area contributed by atoms with Crippen molar-refractivity contribution < 1.29 is 23.9 Å². The van der Waals surface area contributed by atoms with Crippen LogP contribution in [-0.2, 0) is 23.9 Å². The van der Waals surface area contributed by atoms with Crippen LogP contribution in [0.3, 0.4) is 0 Å². The number of carbonyl (C=O) groups excluding carboxylic acids is 2. The fourth-order valence-electron chi connectivity index (χ4n) is 3.43. The van der Waals surface area contributed by atoms with Gasteiger partial charge in [-0.25, -0.2) is 9.59 Å². The molecule has 0 radical (unpaired) electrons. The fourth-order valence-corrected chi connectivity index (χ4v) is 3.43. The lowest BCUT2D eigenvalue weighted by molar-refractivity contribution is -0.189. The molecule has 0 spiro atoms. The van der Waals surface area contributed by atoms with Crippen LogP contribution >= 0.6 is 0 Å². The molecule has 1 N–H and O–H groups in total. The zero-order valence-corrected chi connectivity index (χ0v) is 12.7. The molecule has 124 valence electrons. The van der Waals surface area contributed by atoms with Crippen molar-refractivity contribution >= 4 is 11.9 Å². The summed E-state index contributed by atoms with van der Waals surface area (Å²) in [5, 5.41) is 1.25. The Hall–Kier alpha value is -1.90. The number of nitrogens with one attached hydrogen (secondary N) is 1. The molecule has 3 heterocycles. The molecule has 8 heteroatoms. The van der Waals surface area contributed by atoms with Gasteiger partial charge in [0.2, 0.25) is 0 Å². The molecule has 0 aromatic carbocycles. The Morgan fingerprint density at radius 1 is 1.22 bits per heavy atom. The summed E-state index contributed by atoms with van der Waals surface area (Å²) >= 11 is 0. The minimum atomic E-state index is -1.00. The quantitative estimate of drug-likeness (QED) is 0.561. The molecule has 23 heavy (non-hydrogen) atoms. The molecule has 0 amide bonds. The van der Waals surface area contributed by atoms with Crippen LogP contribution in [0.5, 0.6) is 0 Å². The molecule has 2 saturated heterocycles. The first kappa shape index (κ1) is 14.7. The van der Waals surface area contributed by atoms with Gasteiger partial charge < -0.3 is 14.3 Å². The number of ether oxygens (including phenoxy) is 2. The van der Waals surface area contributed by atoms with E-state index in [1.54, 1.807) is 0 Å². The van der Waals surface area contributed by atoms with E-state index in [1.807, 2.05) is 6.08 Å². The van der Waals surface area contributed by atoms with Gasteiger partial charge in [0, 0.05) is 18.7 Å². The summed E-state index contributed by atoms with van der Waals surface area (Å²) < 4.78 is 10.6. The standard InChI is InChI=1S/C15H19N3O5/c19-14-15(20)23-18-11-3-1-2-10(12(11)13(16-18)22-14)4-5-17-6-8-21-9-7-17/h1,3,10,13,16H,2,4-9H2. The second-order valence-corrected chi connectivity index (χ2v) is 6.01. The Balaban J connectivity index is 1.49. The Morgan fingerprint density at radius 3 is 2.87 bits per heavy atom. The predicted octanol–water partition coefficient (Wildman–Crippen LogP) is -0.300. The van der Waals surface area contributed by atoms with E-state index >= 15 is 0 Å². The van der Waals surface area contributed by atoms with Gasteiger partial charge in [0.05, 0.1) is 18.9 Å². The van der Waals surface area contributed by atoms with E-state index in [1.165, 1.54) is 5.17 Å². The number of carbonyl (C=O) groups is 2. The molecule has 2 fully saturated rings. The summed E-state index contributed by atoms with van der Waals surface area (Å²) in [7, 11) is 0. The summed E-state index contributed by atoms with van der Waals surface area (Å²) in [6, 6.07) is 0. The molecule has 0 aromatic heterocycles. The summed E-state index contributed by atoms with van der Waals surface area (Å²) in [4.78, 5) is 30.4. The highest BCUT2D eigenvalue weighted by atomic mass is 16.8. The van der Waals surface area contributed by atoms with Crippen molar-refractivity contribution in [2.24, 2.45) is 5.92 Å². The summed E-state index contributed by atoms with van der Waals surface area (Å²) in [5.41, 5.74) is 4.67. The molecule has 2 atom stereocenters. The molecule has 1 aliphatic carbocycles. The van der Waals surface area contributed by atoms with Crippen LogP contribution in [0.1, 0.15) is 12.8 Å². The van der Waals surface area contributed by atoms with Gasteiger partial charge in [-0.15, -0.1) is 5.17 Å². The van der Waals surface area contributed by atoms with Gasteiger partial charge in [0.25, 0.3) is 0 Å². The third kappa shape index (κ3) is 2.73. The van der Waals surface area contributed by atoms with Crippen LogP contribution in [-0.4, -0.2) is 61.1 Å². The Kier molecular flexibility index (Phi) is 3.80. The maximum absolute atomic E-state index is 11.6. The van der Waals surface area contributed by atoms with E-state index in [2.05, 4.69) is 16.4 Å². The van der Waals surface area contributed by atoms with Crippen LogP contribution in [0.25, 0.3) is 0 Å². The largest absolute Gasteiger partial charge is 0.442 e. The highest BCUT2D eigenvalue weighted by Crippen LogP contribution is 2.37. The van der Waals surface area contributed by atoms with Crippen molar-refractivity contribution in [2.75, 3.05) is 32.8 Å². The zero-order valence-electron chi connectivity index (χ0n) is 12.7. The lowest BCUT2D eigenvalue weighted by atomic mass is 9.86. The second kappa shape index (κ2) is 5.95. The third-order valence-electron chi connectivity index (χ3n) is 4.63. The van der Waals surface area contributed by atoms with E-state index in [-0.39, 0.29) is 5.92 Å². The van der Waals surface area contributed by atoms with Crippen LogP contribution < -0.4 is 5.43 Å². The van der Waals surface area contributed by atoms with Crippen molar-refractivity contribution in [3.63, 3.8) is 0 Å². The van der Waals surface area contributed by atoms with Crippen LogP contribution in [0, 0.1) is 5.92 Å². The number of allylic oxidation sites excluding steroid dienone is 2. The van der Waals surface area contributed by atoms with Gasteiger partial charge in [0.15, 0.2) is 6.23 Å². The maximum Gasteiger partial charge on any atom is 0.442 e. The van der Waals surface area contributed by atoms with Gasteiger partial charge in [0.1, 0.15) is 0 Å². The maximum atomic E-state index is 11.6. The highest BCUT2D eigenvalue weighted by Gasteiger charge is 2.44. The molecule has 2 bridgehead atoms. The molecule has 0 saturated carbocycles. The minimum Gasteiger partial charge on any atom is -0.432 e. The zero-order chi connectivity index (χ0) is 15.8. The van der Waals surface area contributed by atoms with Crippen molar-refractivity contribution in [2.45, 2.75) is 19.1 Å². The normalized spacial score (nSPS) is 30.9. The number of rotatable bonds is 3. The molecule has 0 aromatic rings. The molecule has 2 unspecified atom stereocenters. The summed E-state index contributed by atoms with van der Waals surface area (Å²) in [5.74, 6) is -1.71. The average molecular weight is 321 g/mol. The first-order valence-electron chi connectivity index (χ1n) is 7.92. The Morgan fingerprint density at radius 2 is 2.04 bits per heavy atom. The SMILES string of the molecule is O=C1OC2NN(OC1=O)C1=C2C(CCN2CCOCC2)CC=C1. The van der Waals surface area contributed by atoms with Gasteiger partial charge in [-0.05, 0) is 31.4 Å². The number of hydrogen-bond acceptors (Lipinski definition) is 8. The van der Waals surface area contributed by atoms with Gasteiger partial charge in [-0.1, -0.05) is 6.08 Å². The topological polar surface area (TPSA) is 80.3 Å². The first-order chi connectivity index (χ1) is 11.2. The number of morpholine rings is 1. The van der Waals surface area contributed by atoms with Crippen molar-refractivity contribution in [3.8, 4) is 0 Å². The molecule has 4 rings (SSSR count). The van der Waals surface area contributed by atoms with E-state index in [0.29, 0.717) is 0 Å². The van der Waals surface area contributed by atoms with E-state index in [4.69, 9.17) is 14.3 Å². The summed E-state index contributed by atoms with van der Waals surface area (Å²) in [6.45, 7) is 4.44. The third-order valence-corrected chi connectivity index (χ3v) is 4.63. The molecule has 4 aliphatic rings. The van der Waals surface area contributed by atoms with Crippen LogP contribution in [0.15, 0.2) is 23.4 Å². The number of esters is 1. The molecule has 3 aliphatic heterocycles. The predicted molar refractivity (Wildman–Crippen MR) is 77.1 cm³/mol. The number of fused-ring (bicyclic) bond motifs is 4. The van der Waals surface area contributed by atoms with Gasteiger partial charge >= 0.3 is 11.9 Å². The Bertz CT molecular complexity index is 582. The number of hydroxylamine groups is 1. The number of hydrazine groups is 1. The molecular formula is C15H19N3O5. The first-order valence-corrected chi connectivity index (χ1v) is 7.92. The van der Waals surface area contributed by atoms with E-state index < -0.39 is 18.2 Å². The Labute approximate surface area is 133 Å². The average Bonchev–Trinajstić information content (AvgIpc) is 2.83. The van der Waals surface area contributed by atoms with Gasteiger partial charge in [-0.2, -0.15) is 5.43 Å². The van der Waals surface area contributed by atoms with Crippen molar-refractivity contribution in [1.82, 2.24) is 15.5 Å².